The Kier molecular flexibility index (Phi) is 6.79. The summed E-state index contributed by atoms with van der Waals surface area (Å²) in [7, 11) is 0. The molecule has 0 aromatic heterocycles. The summed E-state index contributed by atoms with van der Waals surface area (Å²) in [6.07, 6.45) is 1.92. The smallest absolute Gasteiger partial charge is 0.375 e. The molecule has 4 heteroatoms. The highest BCUT2D eigenvalue weighted by molar-refractivity contribution is 9.10. The summed E-state index contributed by atoms with van der Waals surface area (Å²) in [6, 6.07) is 0. The number of esters is 1. The zero-order valence-corrected chi connectivity index (χ0v) is 10.5. The third-order valence-corrected chi connectivity index (χ3v) is 3.29. The highest BCUT2D eigenvalue weighted by Crippen LogP contribution is 2.19. The van der Waals surface area contributed by atoms with Crippen molar-refractivity contribution in [3.05, 3.63) is 0 Å². The highest BCUT2D eigenvalue weighted by Gasteiger charge is 2.28. The number of Topliss-reactive ketones (excluding diaryl/α,β-unsaturated/α-hetero) is 1. The summed E-state index contributed by atoms with van der Waals surface area (Å²) in [4.78, 5) is 22.1. The van der Waals surface area contributed by atoms with Crippen LogP contribution in [0.15, 0.2) is 0 Å². The van der Waals surface area contributed by atoms with Gasteiger partial charge in [-0.1, -0.05) is 36.2 Å². The molecule has 0 amide bonds. The molecule has 0 heterocycles. The first-order chi connectivity index (χ1) is 6.54. The maximum atomic E-state index is 11.4. The normalized spacial score (nSPS) is 14.6. The molecule has 0 fully saturated rings. The van der Waals surface area contributed by atoms with Crippen molar-refractivity contribution in [1.29, 1.82) is 0 Å². The van der Waals surface area contributed by atoms with Crippen LogP contribution in [0.4, 0.5) is 0 Å². The van der Waals surface area contributed by atoms with E-state index < -0.39 is 16.6 Å². The molecule has 2 unspecified atom stereocenters. The van der Waals surface area contributed by atoms with Crippen LogP contribution in [0.2, 0.25) is 0 Å². The van der Waals surface area contributed by atoms with Gasteiger partial charge in [0.2, 0.25) is 0 Å². The van der Waals surface area contributed by atoms with Crippen LogP contribution < -0.4 is 0 Å². The Morgan fingerprint density at radius 1 is 1.36 bits per heavy atom. The van der Waals surface area contributed by atoms with Crippen LogP contribution in [0.1, 0.15) is 33.6 Å². The molecule has 0 aliphatic rings. The fourth-order valence-electron chi connectivity index (χ4n) is 1.17. The molecule has 0 aromatic carbocycles. The zero-order chi connectivity index (χ0) is 11.1. The first kappa shape index (κ1) is 13.6. The second kappa shape index (κ2) is 6.98. The van der Waals surface area contributed by atoms with Gasteiger partial charge >= 0.3 is 5.97 Å². The first-order valence-electron chi connectivity index (χ1n) is 4.89. The Labute approximate surface area is 93.3 Å². The molecular weight excluding hydrogens is 248 g/mol. The Hall–Kier alpha value is -0.380. The minimum atomic E-state index is -0.739. The van der Waals surface area contributed by atoms with E-state index in [0.29, 0.717) is 0 Å². The van der Waals surface area contributed by atoms with Gasteiger partial charge in [-0.3, -0.25) is 4.79 Å². The van der Waals surface area contributed by atoms with Gasteiger partial charge in [0, 0.05) is 0 Å². The molecule has 3 nitrogen and oxygen atoms in total. The molecule has 0 radical (unpaired) electrons. The quantitative estimate of drug-likeness (QED) is 0.420. The fourth-order valence-corrected chi connectivity index (χ4v) is 1.63. The predicted octanol–water partition coefficient (Wildman–Crippen LogP) is 2.32. The molecule has 14 heavy (non-hydrogen) atoms. The summed E-state index contributed by atoms with van der Waals surface area (Å²) in [5, 5.41) is 0. The first-order valence-corrected chi connectivity index (χ1v) is 5.81. The number of rotatable bonds is 6. The molecule has 0 N–H and O–H groups in total. The average molecular weight is 265 g/mol. The third kappa shape index (κ3) is 4.22. The molecule has 0 aromatic rings. The third-order valence-electron chi connectivity index (χ3n) is 1.97. The second-order valence-corrected chi connectivity index (χ2v) is 4.24. The van der Waals surface area contributed by atoms with E-state index >= 15 is 0 Å². The number of hydrogen-bond donors (Lipinski definition) is 0. The van der Waals surface area contributed by atoms with Crippen molar-refractivity contribution in [3.8, 4) is 0 Å². The Bertz CT molecular complexity index is 204. The molecule has 2 atom stereocenters. The minimum Gasteiger partial charge on any atom is -0.460 e. The number of hydrogen-bond acceptors (Lipinski definition) is 3. The van der Waals surface area contributed by atoms with Crippen molar-refractivity contribution in [2.24, 2.45) is 5.92 Å². The Balaban J connectivity index is 4.16. The summed E-state index contributed by atoms with van der Waals surface area (Å²) >= 11 is 3.23. The van der Waals surface area contributed by atoms with E-state index in [-0.39, 0.29) is 12.5 Å². The van der Waals surface area contributed by atoms with Gasteiger partial charge in [-0.05, 0) is 19.3 Å². The van der Waals surface area contributed by atoms with Crippen LogP contribution in [0.3, 0.4) is 0 Å². The van der Waals surface area contributed by atoms with Gasteiger partial charge in [-0.15, -0.1) is 0 Å². The van der Waals surface area contributed by atoms with Crippen molar-refractivity contribution < 1.29 is 14.3 Å². The number of halogens is 1. The van der Waals surface area contributed by atoms with Crippen molar-refractivity contribution in [3.63, 3.8) is 0 Å². The van der Waals surface area contributed by atoms with E-state index in [0.717, 1.165) is 12.8 Å². The van der Waals surface area contributed by atoms with Crippen molar-refractivity contribution in [1.82, 2.24) is 0 Å². The van der Waals surface area contributed by atoms with Gasteiger partial charge in [0.15, 0.2) is 0 Å². The van der Waals surface area contributed by atoms with E-state index in [9.17, 15) is 9.59 Å². The molecule has 82 valence electrons. The second-order valence-electron chi connectivity index (χ2n) is 3.25. The van der Waals surface area contributed by atoms with E-state index in [1.807, 2.05) is 13.8 Å². The van der Waals surface area contributed by atoms with Gasteiger partial charge in [0.25, 0.3) is 5.78 Å². The number of carbonyl (C=O) groups is 2. The highest BCUT2D eigenvalue weighted by atomic mass is 79.9. The number of alkyl halides is 1. The van der Waals surface area contributed by atoms with Gasteiger partial charge in [-0.2, -0.15) is 0 Å². The van der Waals surface area contributed by atoms with Crippen LogP contribution in [0.5, 0.6) is 0 Å². The van der Waals surface area contributed by atoms with E-state index in [2.05, 4.69) is 20.7 Å². The minimum absolute atomic E-state index is 0.164. The lowest BCUT2D eigenvalue weighted by Gasteiger charge is -2.15. The summed E-state index contributed by atoms with van der Waals surface area (Å²) in [6.45, 7) is 5.92. The monoisotopic (exact) mass is 264 g/mol. The van der Waals surface area contributed by atoms with Crippen LogP contribution in [0, 0.1) is 5.92 Å². The summed E-state index contributed by atoms with van der Waals surface area (Å²) in [5.74, 6) is -1.05. The number of ketones is 1. The lowest BCUT2D eigenvalue weighted by molar-refractivity contribution is -0.153. The number of ether oxygens (including phenoxy) is 1. The molecule has 0 saturated carbocycles. The van der Waals surface area contributed by atoms with Gasteiger partial charge in [0.05, 0.1) is 11.4 Å². The maximum absolute atomic E-state index is 11.4. The fraction of sp³-hybridized carbons (Fsp3) is 0.800. The lowest BCUT2D eigenvalue weighted by Crippen LogP contribution is -2.30. The Morgan fingerprint density at radius 3 is 2.36 bits per heavy atom. The molecule has 0 aliphatic carbocycles. The predicted molar refractivity (Wildman–Crippen MR) is 58.4 cm³/mol. The number of carbonyl (C=O) groups excluding carboxylic acids is 2. The SMILES string of the molecule is CCCC(C)C(Br)C(=O)C(=O)OCC. The average Bonchev–Trinajstić information content (AvgIpc) is 2.16. The van der Waals surface area contributed by atoms with Gasteiger partial charge in [-0.25, -0.2) is 4.79 Å². The lowest BCUT2D eigenvalue weighted by atomic mass is 9.99. The van der Waals surface area contributed by atoms with Crippen LogP contribution in [-0.4, -0.2) is 23.2 Å². The zero-order valence-electron chi connectivity index (χ0n) is 8.88. The summed E-state index contributed by atoms with van der Waals surface area (Å²) in [5.41, 5.74) is 0. The standard InChI is InChI=1S/C10H17BrO3/c1-4-6-7(3)8(11)9(12)10(13)14-5-2/h7-8H,4-6H2,1-3H3. The van der Waals surface area contributed by atoms with E-state index in [4.69, 9.17) is 0 Å². The largest absolute Gasteiger partial charge is 0.460 e. The molecule has 0 aliphatic heterocycles. The van der Waals surface area contributed by atoms with Gasteiger partial charge < -0.3 is 4.74 Å². The van der Waals surface area contributed by atoms with Crippen LogP contribution in [-0.2, 0) is 14.3 Å². The summed E-state index contributed by atoms with van der Waals surface area (Å²) < 4.78 is 4.63. The Morgan fingerprint density at radius 2 is 1.93 bits per heavy atom. The van der Waals surface area contributed by atoms with Crippen molar-refractivity contribution in [2.45, 2.75) is 38.4 Å². The van der Waals surface area contributed by atoms with Crippen molar-refractivity contribution >= 4 is 27.7 Å². The molecule has 0 bridgehead atoms. The van der Waals surface area contributed by atoms with Crippen molar-refractivity contribution in [2.75, 3.05) is 6.61 Å². The van der Waals surface area contributed by atoms with E-state index in [1.54, 1.807) is 6.92 Å². The van der Waals surface area contributed by atoms with Crippen LogP contribution >= 0.6 is 15.9 Å². The molecule has 0 rings (SSSR count). The van der Waals surface area contributed by atoms with Gasteiger partial charge in [0.1, 0.15) is 0 Å². The topological polar surface area (TPSA) is 43.4 Å². The van der Waals surface area contributed by atoms with E-state index in [1.165, 1.54) is 0 Å². The maximum Gasteiger partial charge on any atom is 0.375 e. The molecule has 0 saturated heterocycles. The van der Waals surface area contributed by atoms with Crippen LogP contribution in [0.25, 0.3) is 0 Å². The molecular formula is C10H17BrO3. The molecule has 0 spiro atoms.